The first-order valence-corrected chi connectivity index (χ1v) is 5.91. The molecule has 0 saturated carbocycles. The molecular weight excluding hydrogens is 216 g/mol. The predicted octanol–water partition coefficient (Wildman–Crippen LogP) is 1.56. The Kier molecular flexibility index (Phi) is 3.71. The lowest BCUT2D eigenvalue weighted by Gasteiger charge is -2.36. The number of hydrogen-bond acceptors (Lipinski definition) is 4. The van der Waals surface area contributed by atoms with Gasteiger partial charge in [0.25, 0.3) is 0 Å². The molecule has 98 valence electrons. The van der Waals surface area contributed by atoms with Crippen LogP contribution in [0.2, 0.25) is 0 Å². The molecule has 3 N–H and O–H groups in total. The number of hydrogen-bond donors (Lipinski definition) is 2. The Morgan fingerprint density at radius 1 is 1.47 bits per heavy atom. The standard InChI is InChI=1S/C12H24N4O/c1-8(2)16-11(10(13)9(3)14-16)15(6)12(4,5)7-17/h8,17H,7,13H2,1-6H3. The van der Waals surface area contributed by atoms with Crippen LogP contribution < -0.4 is 10.6 Å². The van der Waals surface area contributed by atoms with E-state index in [-0.39, 0.29) is 18.2 Å². The van der Waals surface area contributed by atoms with Crippen molar-refractivity contribution in [2.24, 2.45) is 0 Å². The molecule has 0 spiro atoms. The van der Waals surface area contributed by atoms with Crippen molar-refractivity contribution in [2.45, 2.75) is 46.2 Å². The van der Waals surface area contributed by atoms with Gasteiger partial charge in [0.2, 0.25) is 0 Å². The largest absolute Gasteiger partial charge is 0.394 e. The molecule has 1 rings (SSSR count). The molecule has 0 aliphatic rings. The van der Waals surface area contributed by atoms with Crippen LogP contribution in [-0.4, -0.2) is 34.1 Å². The summed E-state index contributed by atoms with van der Waals surface area (Å²) in [6.07, 6.45) is 0. The Labute approximate surface area is 103 Å². The minimum atomic E-state index is -0.368. The third kappa shape index (κ3) is 2.39. The molecule has 0 aromatic carbocycles. The molecule has 0 radical (unpaired) electrons. The van der Waals surface area contributed by atoms with E-state index in [0.29, 0.717) is 5.69 Å². The maximum atomic E-state index is 9.44. The first kappa shape index (κ1) is 13.8. The van der Waals surface area contributed by atoms with Crippen LogP contribution in [0.1, 0.15) is 39.4 Å². The summed E-state index contributed by atoms with van der Waals surface area (Å²) >= 11 is 0. The van der Waals surface area contributed by atoms with Crippen LogP contribution >= 0.6 is 0 Å². The molecule has 5 heteroatoms. The van der Waals surface area contributed by atoms with Crippen molar-refractivity contribution in [3.8, 4) is 0 Å². The van der Waals surface area contributed by atoms with Crippen LogP contribution in [0.4, 0.5) is 11.5 Å². The highest BCUT2D eigenvalue weighted by atomic mass is 16.3. The number of aryl methyl sites for hydroxylation is 1. The minimum Gasteiger partial charge on any atom is -0.394 e. The Morgan fingerprint density at radius 3 is 2.41 bits per heavy atom. The fourth-order valence-electron chi connectivity index (χ4n) is 1.64. The van der Waals surface area contributed by atoms with Crippen molar-refractivity contribution in [2.75, 3.05) is 24.3 Å². The van der Waals surface area contributed by atoms with Crippen molar-refractivity contribution >= 4 is 11.5 Å². The summed E-state index contributed by atoms with van der Waals surface area (Å²) in [6.45, 7) is 10.0. The SMILES string of the molecule is Cc1nn(C(C)C)c(N(C)C(C)(C)CO)c1N. The van der Waals surface area contributed by atoms with Crippen molar-refractivity contribution in [1.29, 1.82) is 0 Å². The molecule has 0 unspecified atom stereocenters. The topological polar surface area (TPSA) is 67.3 Å². The normalized spacial score (nSPS) is 12.2. The summed E-state index contributed by atoms with van der Waals surface area (Å²) in [5.74, 6) is 0.872. The van der Waals surface area contributed by atoms with Crippen molar-refractivity contribution in [3.05, 3.63) is 5.69 Å². The number of rotatable bonds is 4. The molecule has 1 aromatic rings. The Balaban J connectivity index is 3.30. The highest BCUT2D eigenvalue weighted by molar-refractivity contribution is 5.67. The molecule has 1 aromatic heterocycles. The number of nitrogens with two attached hydrogens (primary N) is 1. The lowest BCUT2D eigenvalue weighted by Crippen LogP contribution is -2.45. The van der Waals surface area contributed by atoms with Gasteiger partial charge in [-0.1, -0.05) is 0 Å². The number of aromatic nitrogens is 2. The van der Waals surface area contributed by atoms with Crippen LogP contribution in [0, 0.1) is 6.92 Å². The summed E-state index contributed by atoms with van der Waals surface area (Å²) in [5.41, 5.74) is 7.23. The van der Waals surface area contributed by atoms with E-state index in [4.69, 9.17) is 5.73 Å². The number of nitrogen functional groups attached to an aromatic ring is 1. The molecule has 0 bridgehead atoms. The van der Waals surface area contributed by atoms with E-state index in [1.807, 2.05) is 37.4 Å². The van der Waals surface area contributed by atoms with Crippen molar-refractivity contribution in [1.82, 2.24) is 9.78 Å². The third-order valence-electron chi connectivity index (χ3n) is 3.21. The Hall–Kier alpha value is -1.23. The van der Waals surface area contributed by atoms with Gasteiger partial charge in [-0.3, -0.25) is 0 Å². The van der Waals surface area contributed by atoms with E-state index in [1.54, 1.807) is 0 Å². The highest BCUT2D eigenvalue weighted by Gasteiger charge is 2.28. The van der Waals surface area contributed by atoms with Gasteiger partial charge in [-0.15, -0.1) is 0 Å². The first-order chi connectivity index (χ1) is 7.72. The fraction of sp³-hybridized carbons (Fsp3) is 0.750. The van der Waals surface area contributed by atoms with Gasteiger partial charge in [-0.25, -0.2) is 4.68 Å². The summed E-state index contributed by atoms with van der Waals surface area (Å²) in [4.78, 5) is 1.99. The summed E-state index contributed by atoms with van der Waals surface area (Å²) in [6, 6.07) is 0.234. The van der Waals surface area contributed by atoms with Crippen molar-refractivity contribution < 1.29 is 5.11 Å². The maximum absolute atomic E-state index is 9.44. The molecule has 1 heterocycles. The summed E-state index contributed by atoms with van der Waals surface area (Å²) in [7, 11) is 1.93. The smallest absolute Gasteiger partial charge is 0.151 e. The zero-order valence-corrected chi connectivity index (χ0v) is 11.7. The molecule has 0 aliphatic heterocycles. The quantitative estimate of drug-likeness (QED) is 0.838. The fourth-order valence-corrected chi connectivity index (χ4v) is 1.64. The maximum Gasteiger partial charge on any atom is 0.151 e. The average Bonchev–Trinajstić information content (AvgIpc) is 2.55. The zero-order chi connectivity index (χ0) is 13.4. The Bertz CT molecular complexity index is 395. The lowest BCUT2D eigenvalue weighted by molar-refractivity contribution is 0.214. The summed E-state index contributed by atoms with van der Waals surface area (Å²) in [5, 5.41) is 13.9. The number of nitrogens with zero attached hydrogens (tertiary/aromatic N) is 3. The minimum absolute atomic E-state index is 0.0608. The van der Waals surface area contributed by atoms with Crippen LogP contribution in [0.3, 0.4) is 0 Å². The number of aliphatic hydroxyl groups excluding tert-OH is 1. The predicted molar refractivity (Wildman–Crippen MR) is 71.3 cm³/mol. The number of anilines is 2. The third-order valence-corrected chi connectivity index (χ3v) is 3.21. The van der Waals surface area contributed by atoms with Crippen LogP contribution in [0.25, 0.3) is 0 Å². The van der Waals surface area contributed by atoms with Gasteiger partial charge < -0.3 is 15.7 Å². The van der Waals surface area contributed by atoms with Gasteiger partial charge in [0, 0.05) is 13.1 Å². The number of likely N-dealkylation sites (N-methyl/N-ethyl adjacent to an activating group) is 1. The van der Waals surface area contributed by atoms with Crippen LogP contribution in [-0.2, 0) is 0 Å². The monoisotopic (exact) mass is 240 g/mol. The van der Waals surface area contributed by atoms with Gasteiger partial charge in [0.1, 0.15) is 0 Å². The number of aliphatic hydroxyl groups is 1. The lowest BCUT2D eigenvalue weighted by atomic mass is 10.1. The molecule has 17 heavy (non-hydrogen) atoms. The van der Waals surface area contributed by atoms with Gasteiger partial charge in [0.15, 0.2) is 5.82 Å². The molecule has 0 amide bonds. The van der Waals surface area contributed by atoms with Crippen molar-refractivity contribution in [3.63, 3.8) is 0 Å². The average molecular weight is 240 g/mol. The van der Waals surface area contributed by atoms with Gasteiger partial charge >= 0.3 is 0 Å². The zero-order valence-electron chi connectivity index (χ0n) is 11.7. The molecular formula is C12H24N4O. The van der Waals surface area contributed by atoms with E-state index in [1.165, 1.54) is 0 Å². The van der Waals surface area contributed by atoms with E-state index < -0.39 is 0 Å². The van der Waals surface area contributed by atoms with Crippen LogP contribution in [0.5, 0.6) is 0 Å². The van der Waals surface area contributed by atoms with E-state index in [2.05, 4.69) is 18.9 Å². The van der Waals surface area contributed by atoms with E-state index >= 15 is 0 Å². The summed E-state index contributed by atoms with van der Waals surface area (Å²) < 4.78 is 1.90. The van der Waals surface area contributed by atoms with E-state index in [0.717, 1.165) is 11.5 Å². The second kappa shape index (κ2) is 4.56. The van der Waals surface area contributed by atoms with Gasteiger partial charge in [-0.2, -0.15) is 5.10 Å². The highest BCUT2D eigenvalue weighted by Crippen LogP contribution is 2.32. The molecule has 0 atom stereocenters. The first-order valence-electron chi connectivity index (χ1n) is 5.91. The second-order valence-electron chi connectivity index (χ2n) is 5.39. The molecule has 0 aliphatic carbocycles. The van der Waals surface area contributed by atoms with E-state index in [9.17, 15) is 5.11 Å². The Morgan fingerprint density at radius 2 is 2.00 bits per heavy atom. The molecule has 0 saturated heterocycles. The van der Waals surface area contributed by atoms with Crippen LogP contribution in [0.15, 0.2) is 0 Å². The second-order valence-corrected chi connectivity index (χ2v) is 5.39. The van der Waals surface area contributed by atoms with Gasteiger partial charge in [0.05, 0.1) is 23.5 Å². The van der Waals surface area contributed by atoms with Gasteiger partial charge in [-0.05, 0) is 34.6 Å². The molecule has 5 nitrogen and oxygen atoms in total. The molecule has 0 fully saturated rings.